The van der Waals surface area contributed by atoms with Crippen LogP contribution in [0.4, 0.5) is 11.4 Å². The molecule has 0 spiro atoms. The van der Waals surface area contributed by atoms with Gasteiger partial charge in [-0.05, 0) is 6.92 Å². The van der Waals surface area contributed by atoms with Crippen molar-refractivity contribution in [3.8, 4) is 5.75 Å². The van der Waals surface area contributed by atoms with Crippen molar-refractivity contribution >= 4 is 17.3 Å². The van der Waals surface area contributed by atoms with Crippen LogP contribution < -0.4 is 9.64 Å². The standard InChI is InChI=1S/C15H18N2O6/c1-15(14(18)21-2)9-10-7-12(17(19)20)11(8-13(10)23-15)16-3-5-22-6-4-16/h7-8H,3-6,9H2,1-2H3. The van der Waals surface area contributed by atoms with Gasteiger partial charge in [0.05, 0.1) is 25.2 Å². The smallest absolute Gasteiger partial charge is 0.350 e. The van der Waals surface area contributed by atoms with Gasteiger partial charge in [0.2, 0.25) is 5.60 Å². The average Bonchev–Trinajstić information content (AvgIpc) is 2.90. The molecule has 0 bridgehead atoms. The lowest BCUT2D eigenvalue weighted by Gasteiger charge is -2.28. The SMILES string of the molecule is COC(=O)C1(C)Cc2cc([N+](=O)[O-])c(N3CCOCC3)cc2O1. The van der Waals surface area contributed by atoms with Crippen LogP contribution in [0.1, 0.15) is 12.5 Å². The maximum absolute atomic E-state index is 11.9. The Morgan fingerprint density at radius 1 is 1.39 bits per heavy atom. The van der Waals surface area contributed by atoms with Crippen molar-refractivity contribution in [1.29, 1.82) is 0 Å². The fourth-order valence-corrected chi connectivity index (χ4v) is 3.01. The highest BCUT2D eigenvalue weighted by molar-refractivity contribution is 5.82. The molecule has 2 aliphatic rings. The summed E-state index contributed by atoms with van der Waals surface area (Å²) >= 11 is 0. The first-order valence-corrected chi connectivity index (χ1v) is 7.36. The molecule has 1 saturated heterocycles. The summed E-state index contributed by atoms with van der Waals surface area (Å²) in [4.78, 5) is 24.8. The zero-order valence-corrected chi connectivity index (χ0v) is 13.0. The molecule has 1 atom stereocenters. The topological polar surface area (TPSA) is 91.1 Å². The van der Waals surface area contributed by atoms with Gasteiger partial charge in [-0.1, -0.05) is 0 Å². The first-order valence-electron chi connectivity index (χ1n) is 7.36. The number of ether oxygens (including phenoxy) is 3. The molecule has 1 aromatic carbocycles. The minimum atomic E-state index is -1.14. The molecule has 0 amide bonds. The second kappa shape index (κ2) is 5.69. The maximum atomic E-state index is 11.9. The Kier molecular flexibility index (Phi) is 3.85. The molecule has 8 heteroatoms. The number of hydrogen-bond acceptors (Lipinski definition) is 7. The zero-order chi connectivity index (χ0) is 16.6. The van der Waals surface area contributed by atoms with Crippen LogP contribution in [0.25, 0.3) is 0 Å². The third-order valence-electron chi connectivity index (χ3n) is 4.19. The van der Waals surface area contributed by atoms with Gasteiger partial charge in [-0.25, -0.2) is 4.79 Å². The predicted octanol–water partition coefficient (Wildman–Crippen LogP) is 1.30. The number of carbonyl (C=O) groups excluding carboxylic acids is 1. The molecule has 0 saturated carbocycles. The molecule has 0 aromatic heterocycles. The lowest BCUT2D eigenvalue weighted by Crippen LogP contribution is -2.41. The molecule has 2 heterocycles. The van der Waals surface area contributed by atoms with Crippen molar-refractivity contribution in [3.05, 3.63) is 27.8 Å². The Morgan fingerprint density at radius 3 is 2.70 bits per heavy atom. The van der Waals surface area contributed by atoms with Crippen LogP contribution in [0.2, 0.25) is 0 Å². The van der Waals surface area contributed by atoms with Crippen LogP contribution >= 0.6 is 0 Å². The molecule has 3 rings (SSSR count). The normalized spacial score (nSPS) is 23.1. The third-order valence-corrected chi connectivity index (χ3v) is 4.19. The average molecular weight is 322 g/mol. The summed E-state index contributed by atoms with van der Waals surface area (Å²) in [5.41, 5.74) is 0.00494. The molecule has 2 aliphatic heterocycles. The number of carbonyl (C=O) groups is 1. The van der Waals surface area contributed by atoms with E-state index in [1.54, 1.807) is 13.0 Å². The Morgan fingerprint density at radius 2 is 2.09 bits per heavy atom. The summed E-state index contributed by atoms with van der Waals surface area (Å²) in [6.45, 7) is 3.82. The molecule has 0 radical (unpaired) electrons. The van der Waals surface area contributed by atoms with Crippen molar-refractivity contribution in [2.75, 3.05) is 38.3 Å². The molecule has 0 N–H and O–H groups in total. The second-order valence-corrected chi connectivity index (χ2v) is 5.81. The molecular weight excluding hydrogens is 304 g/mol. The second-order valence-electron chi connectivity index (χ2n) is 5.81. The Hall–Kier alpha value is -2.35. The van der Waals surface area contributed by atoms with Crippen LogP contribution in [-0.2, 0) is 20.7 Å². The highest BCUT2D eigenvalue weighted by atomic mass is 16.6. The number of nitrogens with zero attached hydrogens (tertiary/aromatic N) is 2. The Labute approximate surface area is 133 Å². The van der Waals surface area contributed by atoms with E-state index in [4.69, 9.17) is 14.2 Å². The monoisotopic (exact) mass is 322 g/mol. The summed E-state index contributed by atoms with van der Waals surface area (Å²) < 4.78 is 15.8. The van der Waals surface area contributed by atoms with Gasteiger partial charge in [-0.15, -0.1) is 0 Å². The number of benzene rings is 1. The molecule has 1 fully saturated rings. The van der Waals surface area contributed by atoms with Gasteiger partial charge < -0.3 is 19.1 Å². The van der Waals surface area contributed by atoms with Crippen LogP contribution in [0, 0.1) is 10.1 Å². The number of hydrogen-bond donors (Lipinski definition) is 0. The highest BCUT2D eigenvalue weighted by Crippen LogP contribution is 2.43. The predicted molar refractivity (Wildman–Crippen MR) is 80.9 cm³/mol. The lowest BCUT2D eigenvalue weighted by atomic mass is 9.99. The Bertz CT molecular complexity index is 656. The van der Waals surface area contributed by atoms with E-state index in [1.165, 1.54) is 13.2 Å². The molecular formula is C15H18N2O6. The van der Waals surface area contributed by atoms with Gasteiger partial charge in [0.15, 0.2) is 0 Å². The Balaban J connectivity index is 1.99. The highest BCUT2D eigenvalue weighted by Gasteiger charge is 2.44. The third kappa shape index (κ3) is 2.70. The largest absolute Gasteiger partial charge is 0.475 e. The van der Waals surface area contributed by atoms with E-state index in [2.05, 4.69) is 0 Å². The quantitative estimate of drug-likeness (QED) is 0.470. The molecule has 0 aliphatic carbocycles. The summed E-state index contributed by atoms with van der Waals surface area (Å²) in [6, 6.07) is 3.14. The van der Waals surface area contributed by atoms with Gasteiger partial charge in [0.25, 0.3) is 5.69 Å². The number of morpholine rings is 1. The lowest BCUT2D eigenvalue weighted by molar-refractivity contribution is -0.384. The van der Waals surface area contributed by atoms with Crippen LogP contribution in [0.5, 0.6) is 5.75 Å². The molecule has 8 nitrogen and oxygen atoms in total. The van der Waals surface area contributed by atoms with Crippen LogP contribution in [-0.4, -0.2) is 49.9 Å². The van der Waals surface area contributed by atoms with E-state index in [0.29, 0.717) is 43.3 Å². The van der Waals surface area contributed by atoms with Gasteiger partial charge >= 0.3 is 5.97 Å². The van der Waals surface area contributed by atoms with Crippen LogP contribution in [0.15, 0.2) is 12.1 Å². The van der Waals surface area contributed by atoms with Gasteiger partial charge in [-0.2, -0.15) is 0 Å². The van der Waals surface area contributed by atoms with Crippen molar-refractivity contribution < 1.29 is 23.9 Å². The number of methoxy groups -OCH3 is 1. The summed E-state index contributed by atoms with van der Waals surface area (Å²) in [5.74, 6) is -0.00531. The summed E-state index contributed by atoms with van der Waals surface area (Å²) in [5, 5.41) is 11.4. The molecule has 1 unspecified atom stereocenters. The molecule has 1 aromatic rings. The number of anilines is 1. The first kappa shape index (κ1) is 15.5. The van der Waals surface area contributed by atoms with Gasteiger partial charge in [0.1, 0.15) is 11.4 Å². The minimum Gasteiger partial charge on any atom is -0.475 e. The number of fused-ring (bicyclic) bond motifs is 1. The fraction of sp³-hybridized carbons (Fsp3) is 0.533. The van der Waals surface area contributed by atoms with E-state index in [-0.39, 0.29) is 12.1 Å². The van der Waals surface area contributed by atoms with Crippen molar-refractivity contribution in [1.82, 2.24) is 0 Å². The summed E-state index contributed by atoms with van der Waals surface area (Å²) in [6.07, 6.45) is 0.249. The summed E-state index contributed by atoms with van der Waals surface area (Å²) in [7, 11) is 1.29. The zero-order valence-electron chi connectivity index (χ0n) is 13.0. The van der Waals surface area contributed by atoms with Gasteiger partial charge in [-0.3, -0.25) is 10.1 Å². The first-order chi connectivity index (χ1) is 10.9. The number of rotatable bonds is 3. The molecule has 23 heavy (non-hydrogen) atoms. The van der Waals surface area contributed by atoms with E-state index >= 15 is 0 Å². The van der Waals surface area contributed by atoms with E-state index in [9.17, 15) is 14.9 Å². The van der Waals surface area contributed by atoms with Crippen molar-refractivity contribution in [2.24, 2.45) is 0 Å². The van der Waals surface area contributed by atoms with Crippen molar-refractivity contribution in [3.63, 3.8) is 0 Å². The number of nitro groups is 1. The molecule has 124 valence electrons. The minimum absolute atomic E-state index is 0.0170. The van der Waals surface area contributed by atoms with Crippen molar-refractivity contribution in [2.45, 2.75) is 18.9 Å². The maximum Gasteiger partial charge on any atom is 0.350 e. The van der Waals surface area contributed by atoms with E-state index < -0.39 is 16.5 Å². The fourth-order valence-electron chi connectivity index (χ4n) is 3.01. The van der Waals surface area contributed by atoms with Crippen LogP contribution in [0.3, 0.4) is 0 Å². The number of nitro benzene ring substituents is 1. The van der Waals surface area contributed by atoms with E-state index in [0.717, 1.165) is 0 Å². The number of esters is 1. The van der Waals surface area contributed by atoms with Gasteiger partial charge in [0, 0.05) is 37.2 Å². The van der Waals surface area contributed by atoms with E-state index in [1.807, 2.05) is 4.90 Å².